The molecule has 0 radical (unpaired) electrons. The summed E-state index contributed by atoms with van der Waals surface area (Å²) in [6, 6.07) is 3.99. The SMILES string of the molecule is COCc1nc(-c2ccc(F)c(OC)c2)oc1C(=O)O. The highest BCUT2D eigenvalue weighted by atomic mass is 19.1. The molecule has 20 heavy (non-hydrogen) atoms. The minimum Gasteiger partial charge on any atom is -0.494 e. The van der Waals surface area contributed by atoms with E-state index >= 15 is 0 Å². The number of benzene rings is 1. The van der Waals surface area contributed by atoms with E-state index in [2.05, 4.69) is 4.98 Å². The second-order valence-corrected chi connectivity index (χ2v) is 3.88. The monoisotopic (exact) mass is 281 g/mol. The van der Waals surface area contributed by atoms with Crippen LogP contribution in [0.4, 0.5) is 4.39 Å². The van der Waals surface area contributed by atoms with Gasteiger partial charge in [0, 0.05) is 12.7 Å². The van der Waals surface area contributed by atoms with Crippen molar-refractivity contribution in [2.75, 3.05) is 14.2 Å². The maximum atomic E-state index is 13.3. The molecule has 2 aromatic rings. The van der Waals surface area contributed by atoms with E-state index in [-0.39, 0.29) is 29.7 Å². The van der Waals surface area contributed by atoms with Gasteiger partial charge < -0.3 is 19.0 Å². The van der Waals surface area contributed by atoms with Crippen LogP contribution in [0, 0.1) is 5.82 Å². The molecule has 0 spiro atoms. The molecule has 2 rings (SSSR count). The molecule has 0 saturated carbocycles. The number of methoxy groups -OCH3 is 2. The van der Waals surface area contributed by atoms with Crippen LogP contribution in [0.3, 0.4) is 0 Å². The fourth-order valence-corrected chi connectivity index (χ4v) is 1.67. The molecule has 6 nitrogen and oxygen atoms in total. The fourth-order valence-electron chi connectivity index (χ4n) is 1.67. The maximum Gasteiger partial charge on any atom is 0.373 e. The third-order valence-electron chi connectivity index (χ3n) is 2.57. The topological polar surface area (TPSA) is 81.8 Å². The molecule has 7 heteroatoms. The van der Waals surface area contributed by atoms with Crippen LogP contribution in [0.1, 0.15) is 16.2 Å². The number of oxazole rings is 1. The second-order valence-electron chi connectivity index (χ2n) is 3.88. The molecule has 0 unspecified atom stereocenters. The average Bonchev–Trinajstić information content (AvgIpc) is 2.84. The lowest BCUT2D eigenvalue weighted by atomic mass is 10.2. The van der Waals surface area contributed by atoms with Gasteiger partial charge in [0.1, 0.15) is 5.69 Å². The second kappa shape index (κ2) is 5.70. The van der Waals surface area contributed by atoms with E-state index in [0.717, 1.165) is 0 Å². The molecule has 1 aromatic heterocycles. The summed E-state index contributed by atoms with van der Waals surface area (Å²) < 4.78 is 28.2. The van der Waals surface area contributed by atoms with Gasteiger partial charge in [0.05, 0.1) is 13.7 Å². The normalized spacial score (nSPS) is 10.6. The number of aromatic nitrogens is 1. The van der Waals surface area contributed by atoms with E-state index in [9.17, 15) is 9.18 Å². The molecule has 0 amide bonds. The van der Waals surface area contributed by atoms with Crippen molar-refractivity contribution in [3.63, 3.8) is 0 Å². The summed E-state index contributed by atoms with van der Waals surface area (Å²) in [5, 5.41) is 9.02. The van der Waals surface area contributed by atoms with E-state index in [1.165, 1.54) is 32.4 Å². The lowest BCUT2D eigenvalue weighted by Gasteiger charge is -2.02. The van der Waals surface area contributed by atoms with Crippen LogP contribution in [0.15, 0.2) is 22.6 Å². The number of hydrogen-bond donors (Lipinski definition) is 1. The van der Waals surface area contributed by atoms with Gasteiger partial charge in [0.25, 0.3) is 0 Å². The Hall–Kier alpha value is -2.41. The molecule has 0 aliphatic carbocycles. The smallest absolute Gasteiger partial charge is 0.373 e. The number of carboxylic acids is 1. The van der Waals surface area contributed by atoms with Crippen molar-refractivity contribution < 1.29 is 28.2 Å². The van der Waals surface area contributed by atoms with Crippen LogP contribution >= 0.6 is 0 Å². The Balaban J connectivity index is 2.47. The zero-order valence-corrected chi connectivity index (χ0v) is 10.8. The van der Waals surface area contributed by atoms with Crippen molar-refractivity contribution in [3.8, 4) is 17.2 Å². The van der Waals surface area contributed by atoms with E-state index in [0.29, 0.717) is 5.56 Å². The molecule has 0 aliphatic heterocycles. The number of carbonyl (C=O) groups is 1. The van der Waals surface area contributed by atoms with E-state index in [4.69, 9.17) is 19.0 Å². The highest BCUT2D eigenvalue weighted by Gasteiger charge is 2.20. The van der Waals surface area contributed by atoms with Crippen LogP contribution < -0.4 is 4.74 Å². The van der Waals surface area contributed by atoms with Gasteiger partial charge in [0.15, 0.2) is 11.6 Å². The largest absolute Gasteiger partial charge is 0.494 e. The first-order valence-corrected chi connectivity index (χ1v) is 5.62. The Kier molecular flexibility index (Phi) is 3.99. The lowest BCUT2D eigenvalue weighted by molar-refractivity contribution is 0.0656. The van der Waals surface area contributed by atoms with Gasteiger partial charge in [-0.25, -0.2) is 14.2 Å². The van der Waals surface area contributed by atoms with Crippen LogP contribution in [0.2, 0.25) is 0 Å². The molecular formula is C13H12FNO5. The quantitative estimate of drug-likeness (QED) is 0.905. The predicted molar refractivity (Wildman–Crippen MR) is 66.1 cm³/mol. The van der Waals surface area contributed by atoms with Crippen molar-refractivity contribution >= 4 is 5.97 Å². The van der Waals surface area contributed by atoms with Gasteiger partial charge in [-0.15, -0.1) is 0 Å². The lowest BCUT2D eigenvalue weighted by Crippen LogP contribution is -2.00. The van der Waals surface area contributed by atoms with Crippen molar-refractivity contribution in [1.82, 2.24) is 4.98 Å². The summed E-state index contributed by atoms with van der Waals surface area (Å²) in [5.41, 5.74) is 0.575. The predicted octanol–water partition coefficient (Wildman–Crippen LogP) is 2.33. The number of aromatic carboxylic acids is 1. The van der Waals surface area contributed by atoms with E-state index in [1.54, 1.807) is 0 Å². The highest BCUT2D eigenvalue weighted by Crippen LogP contribution is 2.27. The Labute approximate surface area is 113 Å². The molecule has 106 valence electrons. The maximum absolute atomic E-state index is 13.3. The summed E-state index contributed by atoms with van der Waals surface area (Å²) in [4.78, 5) is 15.1. The first-order chi connectivity index (χ1) is 9.56. The molecule has 0 saturated heterocycles. The third-order valence-corrected chi connectivity index (χ3v) is 2.57. The Morgan fingerprint density at radius 3 is 2.80 bits per heavy atom. The summed E-state index contributed by atoms with van der Waals surface area (Å²) in [5.74, 6) is -1.99. The molecule has 0 atom stereocenters. The van der Waals surface area contributed by atoms with Crippen molar-refractivity contribution in [2.24, 2.45) is 0 Å². The fraction of sp³-hybridized carbons (Fsp3) is 0.231. The van der Waals surface area contributed by atoms with Crippen molar-refractivity contribution in [2.45, 2.75) is 6.61 Å². The van der Waals surface area contributed by atoms with Gasteiger partial charge in [0.2, 0.25) is 11.7 Å². The zero-order valence-electron chi connectivity index (χ0n) is 10.8. The molecule has 0 aliphatic rings. The van der Waals surface area contributed by atoms with Gasteiger partial charge in [-0.3, -0.25) is 0 Å². The van der Waals surface area contributed by atoms with Crippen molar-refractivity contribution in [1.29, 1.82) is 0 Å². The summed E-state index contributed by atoms with van der Waals surface area (Å²) in [6.45, 7) is 0.00344. The average molecular weight is 281 g/mol. The Bertz CT molecular complexity index is 638. The first kappa shape index (κ1) is 14.0. The van der Waals surface area contributed by atoms with Crippen LogP contribution in [-0.4, -0.2) is 30.3 Å². The van der Waals surface area contributed by atoms with Gasteiger partial charge in [-0.05, 0) is 18.2 Å². The summed E-state index contributed by atoms with van der Waals surface area (Å²) in [6.07, 6.45) is 0. The number of nitrogens with zero attached hydrogens (tertiary/aromatic N) is 1. The molecule has 0 bridgehead atoms. The minimum atomic E-state index is -1.25. The van der Waals surface area contributed by atoms with Crippen molar-refractivity contribution in [3.05, 3.63) is 35.5 Å². The summed E-state index contributed by atoms with van der Waals surface area (Å²) >= 11 is 0. The highest BCUT2D eigenvalue weighted by molar-refractivity contribution is 5.86. The zero-order chi connectivity index (χ0) is 14.7. The molecule has 1 heterocycles. The Morgan fingerprint density at radius 1 is 1.45 bits per heavy atom. The number of halogens is 1. The first-order valence-electron chi connectivity index (χ1n) is 5.62. The third kappa shape index (κ3) is 2.62. The molecular weight excluding hydrogens is 269 g/mol. The number of ether oxygens (including phenoxy) is 2. The Morgan fingerprint density at radius 2 is 2.20 bits per heavy atom. The van der Waals surface area contributed by atoms with Crippen LogP contribution in [0.5, 0.6) is 5.75 Å². The molecule has 0 fully saturated rings. The van der Waals surface area contributed by atoms with Gasteiger partial charge in [-0.1, -0.05) is 0 Å². The molecule has 1 N–H and O–H groups in total. The summed E-state index contributed by atoms with van der Waals surface area (Å²) in [7, 11) is 2.75. The van der Waals surface area contributed by atoms with Gasteiger partial charge >= 0.3 is 5.97 Å². The minimum absolute atomic E-state index is 0.00344. The van der Waals surface area contributed by atoms with Gasteiger partial charge in [-0.2, -0.15) is 0 Å². The van der Waals surface area contributed by atoms with E-state index in [1.807, 2.05) is 0 Å². The van der Waals surface area contributed by atoms with Crippen LogP contribution in [-0.2, 0) is 11.3 Å². The number of carboxylic acid groups (broad SMARTS) is 1. The number of hydrogen-bond acceptors (Lipinski definition) is 5. The number of rotatable bonds is 5. The standard InChI is InChI=1S/C13H12FNO5/c1-18-6-9-11(13(16)17)20-12(15-9)7-3-4-8(14)10(5-7)19-2/h3-5H,6H2,1-2H3,(H,16,17). The van der Waals surface area contributed by atoms with Crippen LogP contribution in [0.25, 0.3) is 11.5 Å². The van der Waals surface area contributed by atoms with E-state index < -0.39 is 11.8 Å². The molecule has 1 aromatic carbocycles.